The van der Waals surface area contributed by atoms with Gasteiger partial charge in [-0.05, 0) is 26.3 Å². The second kappa shape index (κ2) is 7.50. The smallest absolute Gasteiger partial charge is 0.232 e. The number of rotatable bonds is 4. The molecule has 108 valence electrons. The average molecular weight is 356 g/mol. The van der Waals surface area contributed by atoms with Crippen LogP contribution in [-0.4, -0.2) is 10.9 Å². The number of nitrogens with zero attached hydrogens (tertiary/aromatic N) is 2. The monoisotopic (exact) mass is 355 g/mol. The van der Waals surface area contributed by atoms with Crippen LogP contribution in [0.3, 0.4) is 0 Å². The van der Waals surface area contributed by atoms with Crippen LogP contribution in [0.15, 0.2) is 24.5 Å². The zero-order chi connectivity index (χ0) is 13.8. The van der Waals surface area contributed by atoms with Crippen molar-refractivity contribution >= 4 is 22.4 Å². The van der Waals surface area contributed by atoms with Gasteiger partial charge in [0.15, 0.2) is 24.1 Å². The molecule has 1 N–H and O–H groups in total. The second-order valence-corrected chi connectivity index (χ2v) is 5.78. The summed E-state index contributed by atoms with van der Waals surface area (Å²) in [6.45, 7) is 6.67. The number of anilines is 1. The first kappa shape index (κ1) is 16.8. The molecule has 2 heterocycles. The highest BCUT2D eigenvalue weighted by Gasteiger charge is 2.10. The number of hydrogen-bond acceptors (Lipinski definition) is 3. The Labute approximate surface area is 133 Å². The predicted molar refractivity (Wildman–Crippen MR) is 76.2 cm³/mol. The fourth-order valence-corrected chi connectivity index (χ4v) is 2.45. The minimum absolute atomic E-state index is 0. The summed E-state index contributed by atoms with van der Waals surface area (Å²) < 4.78 is 2.00. The fraction of sp³-hybridized carbons (Fsp3) is 0.357. The maximum Gasteiger partial charge on any atom is 0.232 e. The normalized spacial score (nSPS) is 9.95. The first-order chi connectivity index (χ1) is 9.04. The zero-order valence-electron chi connectivity index (χ0n) is 11.8. The average Bonchev–Trinajstić information content (AvgIpc) is 2.67. The lowest BCUT2D eigenvalue weighted by Crippen LogP contribution is -3.00. The van der Waals surface area contributed by atoms with Gasteiger partial charge in [-0.1, -0.05) is 0 Å². The van der Waals surface area contributed by atoms with E-state index in [4.69, 9.17) is 0 Å². The van der Waals surface area contributed by atoms with E-state index in [1.165, 1.54) is 16.9 Å². The van der Waals surface area contributed by atoms with E-state index in [9.17, 15) is 4.79 Å². The van der Waals surface area contributed by atoms with Crippen molar-refractivity contribution in [2.75, 3.05) is 5.32 Å². The van der Waals surface area contributed by atoms with Crippen LogP contribution in [0.4, 0.5) is 5.13 Å². The Bertz CT molecular complexity index is 561. The summed E-state index contributed by atoms with van der Waals surface area (Å²) in [5.41, 5.74) is 2.20. The van der Waals surface area contributed by atoms with E-state index in [1.54, 1.807) is 0 Å². The van der Waals surface area contributed by atoms with Gasteiger partial charge >= 0.3 is 0 Å². The molecule has 1 amide bonds. The van der Waals surface area contributed by atoms with Crippen LogP contribution in [0.2, 0.25) is 0 Å². The number of amides is 1. The Morgan fingerprint density at radius 1 is 1.30 bits per heavy atom. The van der Waals surface area contributed by atoms with Crippen molar-refractivity contribution in [1.29, 1.82) is 0 Å². The van der Waals surface area contributed by atoms with E-state index < -0.39 is 0 Å². The molecule has 4 nitrogen and oxygen atoms in total. The van der Waals surface area contributed by atoms with Crippen molar-refractivity contribution in [2.45, 2.75) is 33.7 Å². The van der Waals surface area contributed by atoms with Crippen molar-refractivity contribution in [2.24, 2.45) is 0 Å². The summed E-state index contributed by atoms with van der Waals surface area (Å²) in [4.78, 5) is 17.3. The van der Waals surface area contributed by atoms with Gasteiger partial charge in [-0.2, -0.15) is 0 Å². The van der Waals surface area contributed by atoms with Crippen LogP contribution in [0.1, 0.15) is 22.6 Å². The van der Waals surface area contributed by atoms with Crippen molar-refractivity contribution in [3.63, 3.8) is 0 Å². The lowest BCUT2D eigenvalue weighted by molar-refractivity contribution is -0.695. The Kier molecular flexibility index (Phi) is 6.29. The molecule has 0 atom stereocenters. The maximum atomic E-state index is 11.8. The van der Waals surface area contributed by atoms with Crippen LogP contribution in [0, 0.1) is 20.8 Å². The van der Waals surface area contributed by atoms with E-state index in [0.29, 0.717) is 18.1 Å². The number of halogens is 1. The van der Waals surface area contributed by atoms with Gasteiger partial charge in [0.05, 0.1) is 12.1 Å². The van der Waals surface area contributed by atoms with Crippen LogP contribution < -0.4 is 26.9 Å². The van der Waals surface area contributed by atoms with Gasteiger partial charge in [0.1, 0.15) is 0 Å². The first-order valence-corrected chi connectivity index (χ1v) is 7.06. The first-order valence-electron chi connectivity index (χ1n) is 6.24. The van der Waals surface area contributed by atoms with Crippen molar-refractivity contribution in [3.8, 4) is 0 Å². The third-order valence-electron chi connectivity index (χ3n) is 2.93. The molecule has 6 heteroatoms. The standard InChI is InChI=1S/C14H17N3OS.BrH/c1-10-4-7-17(8-5-10)9-6-13(18)16-14-15-11(2)12(3)19-14;/h4-5,7-8H,6,9H2,1-3H3;1H. The van der Waals surface area contributed by atoms with Gasteiger partial charge < -0.3 is 22.3 Å². The van der Waals surface area contributed by atoms with Crippen LogP contribution >= 0.6 is 11.3 Å². The number of nitrogens with one attached hydrogen (secondary N) is 1. The molecule has 2 aromatic rings. The van der Waals surface area contributed by atoms with Gasteiger partial charge in [0.25, 0.3) is 0 Å². The van der Waals surface area contributed by atoms with Crippen molar-refractivity contribution in [3.05, 3.63) is 40.7 Å². The molecule has 0 aliphatic heterocycles. The molecule has 2 rings (SSSR count). The molecule has 0 aliphatic rings. The predicted octanol–water partition coefficient (Wildman–Crippen LogP) is -0.611. The number of aryl methyl sites for hydroxylation is 4. The number of thiazole rings is 1. The molecule has 0 spiro atoms. The van der Waals surface area contributed by atoms with Gasteiger partial charge in [-0.3, -0.25) is 4.79 Å². The van der Waals surface area contributed by atoms with Crippen molar-refractivity contribution in [1.82, 2.24) is 4.98 Å². The van der Waals surface area contributed by atoms with Gasteiger partial charge in [0, 0.05) is 17.0 Å². The van der Waals surface area contributed by atoms with Gasteiger partial charge in [0.2, 0.25) is 5.91 Å². The van der Waals surface area contributed by atoms with E-state index >= 15 is 0 Å². The topological polar surface area (TPSA) is 45.9 Å². The molecule has 0 saturated heterocycles. The molecule has 0 aromatic carbocycles. The van der Waals surface area contributed by atoms with E-state index in [0.717, 1.165) is 10.6 Å². The Hall–Kier alpha value is -1.27. The molecule has 0 aliphatic carbocycles. The maximum absolute atomic E-state index is 11.8. The Morgan fingerprint density at radius 3 is 2.50 bits per heavy atom. The molecule has 0 unspecified atom stereocenters. The van der Waals surface area contributed by atoms with E-state index in [-0.39, 0.29) is 22.9 Å². The molecular weight excluding hydrogens is 338 g/mol. The minimum atomic E-state index is 0. The van der Waals surface area contributed by atoms with Crippen LogP contribution in [-0.2, 0) is 11.3 Å². The largest absolute Gasteiger partial charge is 1.00 e. The van der Waals surface area contributed by atoms with Crippen LogP contribution in [0.25, 0.3) is 0 Å². The number of pyridine rings is 1. The van der Waals surface area contributed by atoms with E-state index in [1.807, 2.05) is 49.9 Å². The van der Waals surface area contributed by atoms with Gasteiger partial charge in [-0.25, -0.2) is 9.55 Å². The summed E-state index contributed by atoms with van der Waals surface area (Å²) in [6, 6.07) is 4.07. The van der Waals surface area contributed by atoms with Crippen molar-refractivity contribution < 1.29 is 26.3 Å². The summed E-state index contributed by atoms with van der Waals surface area (Å²) in [6.07, 6.45) is 4.42. The third-order valence-corrected chi connectivity index (χ3v) is 3.92. The number of hydrogen-bond donors (Lipinski definition) is 1. The Balaban J connectivity index is 0.00000200. The molecular formula is C14H18BrN3OS. The highest BCUT2D eigenvalue weighted by atomic mass is 79.9. The SMILES string of the molecule is Cc1cc[n+](CCC(=O)Nc2nc(C)c(C)s2)cc1.[Br-]. The summed E-state index contributed by atoms with van der Waals surface area (Å²) in [5.74, 6) is 0.00169. The number of carbonyl (C=O) groups excluding carboxylic acids is 1. The summed E-state index contributed by atoms with van der Waals surface area (Å²) in [5, 5.41) is 3.53. The highest BCUT2D eigenvalue weighted by Crippen LogP contribution is 2.20. The minimum Gasteiger partial charge on any atom is -1.00 e. The lowest BCUT2D eigenvalue weighted by atomic mass is 10.3. The van der Waals surface area contributed by atoms with Gasteiger partial charge in [-0.15, -0.1) is 11.3 Å². The number of aromatic nitrogens is 2. The summed E-state index contributed by atoms with van der Waals surface area (Å²) in [7, 11) is 0. The molecule has 0 radical (unpaired) electrons. The molecule has 20 heavy (non-hydrogen) atoms. The fourth-order valence-electron chi connectivity index (χ4n) is 1.62. The zero-order valence-corrected chi connectivity index (χ0v) is 14.2. The Morgan fingerprint density at radius 2 is 1.95 bits per heavy atom. The summed E-state index contributed by atoms with van der Waals surface area (Å²) >= 11 is 1.52. The molecule has 0 saturated carbocycles. The van der Waals surface area contributed by atoms with Crippen LogP contribution in [0.5, 0.6) is 0 Å². The lowest BCUT2D eigenvalue weighted by Gasteiger charge is -1.99. The third kappa shape index (κ3) is 4.68. The molecule has 2 aromatic heterocycles. The van der Waals surface area contributed by atoms with E-state index in [2.05, 4.69) is 10.3 Å². The second-order valence-electron chi connectivity index (χ2n) is 4.57. The molecule has 0 fully saturated rings. The molecule has 0 bridgehead atoms. The number of carbonyl (C=O) groups is 1. The quantitative estimate of drug-likeness (QED) is 0.743. The highest BCUT2D eigenvalue weighted by molar-refractivity contribution is 7.15.